The predicted octanol–water partition coefficient (Wildman–Crippen LogP) is 0.107. The van der Waals surface area contributed by atoms with Crippen molar-refractivity contribution < 1.29 is 9.53 Å². The first-order valence-electron chi connectivity index (χ1n) is 5.52. The zero-order valence-electron chi connectivity index (χ0n) is 9.24. The van der Waals surface area contributed by atoms with Crippen LogP contribution in [0.3, 0.4) is 0 Å². The van der Waals surface area contributed by atoms with Crippen molar-refractivity contribution in [2.45, 2.75) is 6.42 Å². The first-order chi connectivity index (χ1) is 7.27. The fourth-order valence-corrected chi connectivity index (χ4v) is 1.93. The molecule has 0 aromatic carbocycles. The summed E-state index contributed by atoms with van der Waals surface area (Å²) in [6.07, 6.45) is 2.94. The number of rotatable bonds is 1. The van der Waals surface area contributed by atoms with Gasteiger partial charge in [-0.2, -0.15) is 0 Å². The molecular weight excluding hydrogens is 192 g/mol. The number of morpholine rings is 1. The lowest BCUT2D eigenvalue weighted by Gasteiger charge is -2.30. The van der Waals surface area contributed by atoms with Crippen molar-refractivity contribution in [3.8, 4) is 0 Å². The van der Waals surface area contributed by atoms with Crippen molar-refractivity contribution in [3.63, 3.8) is 0 Å². The van der Waals surface area contributed by atoms with Crippen LogP contribution in [0.25, 0.3) is 0 Å². The van der Waals surface area contributed by atoms with Crippen LogP contribution in [-0.2, 0) is 9.53 Å². The summed E-state index contributed by atoms with van der Waals surface area (Å²) in [5.41, 5.74) is 0.981. The molecule has 0 saturated carbocycles. The van der Waals surface area contributed by atoms with Crippen LogP contribution in [-0.4, -0.2) is 62.1 Å². The second kappa shape index (κ2) is 4.77. The molecule has 0 aromatic rings. The second-order valence-corrected chi connectivity index (χ2v) is 4.15. The number of ether oxygens (including phenoxy) is 1. The Morgan fingerprint density at radius 2 is 2.07 bits per heavy atom. The second-order valence-electron chi connectivity index (χ2n) is 4.15. The lowest BCUT2D eigenvalue weighted by molar-refractivity contribution is -0.131. The summed E-state index contributed by atoms with van der Waals surface area (Å²) in [6, 6.07) is 0. The van der Waals surface area contributed by atoms with E-state index in [1.54, 1.807) is 0 Å². The van der Waals surface area contributed by atoms with Crippen molar-refractivity contribution in [2.75, 3.05) is 46.4 Å². The van der Waals surface area contributed by atoms with E-state index in [9.17, 15) is 4.79 Å². The highest BCUT2D eigenvalue weighted by molar-refractivity contribution is 5.93. The minimum absolute atomic E-state index is 0.214. The van der Waals surface area contributed by atoms with Gasteiger partial charge >= 0.3 is 0 Å². The standard InChI is InChI=1S/C11H18N2O2/c1-12-4-2-10(3-5-12)11(14)13-6-8-15-9-7-13/h2H,3-9H2,1H3. The first kappa shape index (κ1) is 10.6. The van der Waals surface area contributed by atoms with E-state index in [1.807, 2.05) is 4.90 Å². The van der Waals surface area contributed by atoms with Crippen LogP contribution < -0.4 is 0 Å². The largest absolute Gasteiger partial charge is 0.378 e. The van der Waals surface area contributed by atoms with Gasteiger partial charge in [0.25, 0.3) is 0 Å². The molecule has 2 aliphatic heterocycles. The highest BCUT2D eigenvalue weighted by Crippen LogP contribution is 2.13. The molecule has 0 N–H and O–H groups in total. The highest BCUT2D eigenvalue weighted by atomic mass is 16.5. The summed E-state index contributed by atoms with van der Waals surface area (Å²) in [7, 11) is 2.08. The van der Waals surface area contributed by atoms with E-state index in [0.29, 0.717) is 13.2 Å². The molecule has 1 saturated heterocycles. The van der Waals surface area contributed by atoms with Crippen LogP contribution in [0.5, 0.6) is 0 Å². The average molecular weight is 210 g/mol. The van der Waals surface area contributed by atoms with Crippen molar-refractivity contribution in [1.29, 1.82) is 0 Å². The van der Waals surface area contributed by atoms with E-state index >= 15 is 0 Å². The lowest BCUT2D eigenvalue weighted by Crippen LogP contribution is -2.42. The zero-order chi connectivity index (χ0) is 10.7. The van der Waals surface area contributed by atoms with Crippen LogP contribution in [0, 0.1) is 0 Å². The SMILES string of the molecule is CN1CC=C(C(=O)N2CCOCC2)CC1. The molecule has 0 aromatic heterocycles. The van der Waals surface area contributed by atoms with Gasteiger partial charge in [0.05, 0.1) is 13.2 Å². The molecule has 4 nitrogen and oxygen atoms in total. The van der Waals surface area contributed by atoms with Crippen molar-refractivity contribution in [3.05, 3.63) is 11.6 Å². The van der Waals surface area contributed by atoms with E-state index in [2.05, 4.69) is 18.0 Å². The molecule has 0 atom stereocenters. The smallest absolute Gasteiger partial charge is 0.249 e. The molecule has 0 unspecified atom stereocenters. The molecule has 4 heteroatoms. The third-order valence-corrected chi connectivity index (χ3v) is 2.99. The van der Waals surface area contributed by atoms with Crippen molar-refractivity contribution >= 4 is 5.91 Å². The molecule has 1 fully saturated rings. The number of hydrogen-bond acceptors (Lipinski definition) is 3. The summed E-state index contributed by atoms with van der Waals surface area (Å²) >= 11 is 0. The molecule has 84 valence electrons. The van der Waals surface area contributed by atoms with Crippen LogP contribution in [0.15, 0.2) is 11.6 Å². The maximum Gasteiger partial charge on any atom is 0.249 e. The van der Waals surface area contributed by atoms with E-state index in [-0.39, 0.29) is 5.91 Å². The monoisotopic (exact) mass is 210 g/mol. The van der Waals surface area contributed by atoms with Crippen LogP contribution >= 0.6 is 0 Å². The van der Waals surface area contributed by atoms with Gasteiger partial charge in [-0.15, -0.1) is 0 Å². The molecule has 0 bridgehead atoms. The van der Waals surface area contributed by atoms with Gasteiger partial charge in [0.1, 0.15) is 0 Å². The molecule has 2 heterocycles. The Balaban J connectivity index is 1.95. The van der Waals surface area contributed by atoms with E-state index in [4.69, 9.17) is 4.74 Å². The molecule has 2 rings (SSSR count). The third-order valence-electron chi connectivity index (χ3n) is 2.99. The Morgan fingerprint density at radius 3 is 2.67 bits per heavy atom. The maximum atomic E-state index is 12.0. The Hall–Kier alpha value is -0.870. The molecule has 0 radical (unpaired) electrons. The van der Waals surface area contributed by atoms with Crippen LogP contribution in [0.1, 0.15) is 6.42 Å². The minimum atomic E-state index is 0.214. The lowest BCUT2D eigenvalue weighted by atomic mass is 10.1. The fraction of sp³-hybridized carbons (Fsp3) is 0.727. The van der Waals surface area contributed by atoms with Gasteiger partial charge in [0, 0.05) is 31.8 Å². The number of hydrogen-bond donors (Lipinski definition) is 0. The topological polar surface area (TPSA) is 32.8 Å². The Labute approximate surface area is 90.5 Å². The quantitative estimate of drug-likeness (QED) is 0.615. The number of carbonyl (C=O) groups excluding carboxylic acids is 1. The number of nitrogens with zero attached hydrogens (tertiary/aromatic N) is 2. The molecule has 1 amide bonds. The van der Waals surface area contributed by atoms with Crippen molar-refractivity contribution in [2.24, 2.45) is 0 Å². The Morgan fingerprint density at radius 1 is 1.33 bits per heavy atom. The van der Waals surface area contributed by atoms with Gasteiger partial charge in [-0.05, 0) is 13.5 Å². The van der Waals surface area contributed by atoms with Gasteiger partial charge in [-0.3, -0.25) is 4.79 Å². The Kier molecular flexibility index (Phi) is 3.38. The van der Waals surface area contributed by atoms with E-state index in [1.165, 1.54) is 0 Å². The Bertz CT molecular complexity index is 270. The van der Waals surface area contributed by atoms with Gasteiger partial charge in [-0.1, -0.05) is 6.08 Å². The maximum absolute atomic E-state index is 12.0. The van der Waals surface area contributed by atoms with Gasteiger partial charge in [0.2, 0.25) is 5.91 Å². The minimum Gasteiger partial charge on any atom is -0.378 e. The number of likely N-dealkylation sites (N-methyl/N-ethyl adjacent to an activating group) is 1. The zero-order valence-corrected chi connectivity index (χ0v) is 9.24. The number of carbonyl (C=O) groups is 1. The van der Waals surface area contributed by atoms with E-state index in [0.717, 1.165) is 38.2 Å². The number of amides is 1. The molecule has 0 spiro atoms. The molecule has 15 heavy (non-hydrogen) atoms. The van der Waals surface area contributed by atoms with Gasteiger partial charge in [-0.25, -0.2) is 0 Å². The van der Waals surface area contributed by atoms with Crippen molar-refractivity contribution in [1.82, 2.24) is 9.80 Å². The highest BCUT2D eigenvalue weighted by Gasteiger charge is 2.22. The molecular formula is C11H18N2O2. The third kappa shape index (κ3) is 2.58. The molecule has 2 aliphatic rings. The summed E-state index contributed by atoms with van der Waals surface area (Å²) in [6.45, 7) is 4.73. The predicted molar refractivity (Wildman–Crippen MR) is 57.6 cm³/mol. The van der Waals surface area contributed by atoms with Crippen LogP contribution in [0.2, 0.25) is 0 Å². The van der Waals surface area contributed by atoms with Crippen LogP contribution in [0.4, 0.5) is 0 Å². The van der Waals surface area contributed by atoms with E-state index < -0.39 is 0 Å². The molecule has 0 aliphatic carbocycles. The summed E-state index contributed by atoms with van der Waals surface area (Å²) in [5.74, 6) is 0.214. The fourth-order valence-electron chi connectivity index (χ4n) is 1.93. The summed E-state index contributed by atoms with van der Waals surface area (Å²) in [4.78, 5) is 16.2. The van der Waals surface area contributed by atoms with Gasteiger partial charge < -0.3 is 14.5 Å². The summed E-state index contributed by atoms with van der Waals surface area (Å²) < 4.78 is 5.23. The normalized spacial score (nSPS) is 23.8. The van der Waals surface area contributed by atoms with Gasteiger partial charge in [0.15, 0.2) is 0 Å². The first-order valence-corrected chi connectivity index (χ1v) is 5.52. The summed E-state index contributed by atoms with van der Waals surface area (Å²) in [5, 5.41) is 0. The average Bonchev–Trinajstić information content (AvgIpc) is 2.30.